The first kappa shape index (κ1) is 28.2. The third-order valence-electron chi connectivity index (χ3n) is 11.1. The van der Waals surface area contributed by atoms with E-state index in [2.05, 4.69) is 31.5 Å². The highest BCUT2D eigenvalue weighted by Gasteiger charge is 2.67. The first-order valence-electron chi connectivity index (χ1n) is 14.6. The number of ether oxygens (including phenoxy) is 3. The van der Waals surface area contributed by atoms with E-state index in [0.717, 1.165) is 50.0 Å². The van der Waals surface area contributed by atoms with Gasteiger partial charge in [-0.3, -0.25) is 10.2 Å². The number of benzene rings is 1. The lowest BCUT2D eigenvalue weighted by Gasteiger charge is -2.64. The van der Waals surface area contributed by atoms with Gasteiger partial charge in [0.2, 0.25) is 0 Å². The van der Waals surface area contributed by atoms with Gasteiger partial charge in [0, 0.05) is 17.2 Å². The summed E-state index contributed by atoms with van der Waals surface area (Å²) in [7, 11) is 3.26. The molecule has 5 rings (SSSR count). The molecule has 1 spiro atoms. The lowest BCUT2D eigenvalue weighted by molar-refractivity contribution is -0.187. The van der Waals surface area contributed by atoms with Crippen molar-refractivity contribution in [2.45, 2.75) is 85.5 Å². The minimum Gasteiger partial charge on any atom is -0.497 e. The summed E-state index contributed by atoms with van der Waals surface area (Å²) in [6, 6.07) is 5.58. The number of nitrogens with zero attached hydrogens (tertiary/aromatic N) is 1. The second kappa shape index (κ2) is 10.2. The summed E-state index contributed by atoms with van der Waals surface area (Å²) < 4.78 is 16.4. The molecule has 2 bridgehead atoms. The van der Waals surface area contributed by atoms with Gasteiger partial charge in [-0.1, -0.05) is 20.3 Å². The average molecular weight is 556 g/mol. The number of hydrogen-bond donors (Lipinski definition) is 2. The monoisotopic (exact) mass is 555 g/mol. The zero-order chi connectivity index (χ0) is 28.1. The topological polar surface area (TPSA) is 81.2 Å². The first-order valence-corrected chi connectivity index (χ1v) is 15.0. The molecule has 7 nitrogen and oxygen atoms in total. The van der Waals surface area contributed by atoms with Crippen molar-refractivity contribution in [3.63, 3.8) is 0 Å². The molecular formula is C31H45N3O4S. The summed E-state index contributed by atoms with van der Waals surface area (Å²) in [4.78, 5) is 13.2. The van der Waals surface area contributed by atoms with Gasteiger partial charge in [0.05, 0.1) is 31.9 Å². The van der Waals surface area contributed by atoms with Crippen molar-refractivity contribution in [3.8, 4) is 11.5 Å². The van der Waals surface area contributed by atoms with Crippen LogP contribution in [0.5, 0.6) is 11.5 Å². The molecule has 1 aromatic rings. The van der Waals surface area contributed by atoms with Crippen LogP contribution in [0.1, 0.15) is 85.5 Å². The van der Waals surface area contributed by atoms with Gasteiger partial charge in [-0.2, -0.15) is 5.10 Å². The molecule has 2 N–H and O–H groups in total. The van der Waals surface area contributed by atoms with E-state index >= 15 is 0 Å². The van der Waals surface area contributed by atoms with E-state index < -0.39 is 0 Å². The number of carbonyl (C=O) groups excluding carboxylic acids is 1. The van der Waals surface area contributed by atoms with Crippen LogP contribution in [0.3, 0.4) is 0 Å². The molecule has 6 atom stereocenters. The molecule has 4 fully saturated rings. The van der Waals surface area contributed by atoms with E-state index in [0.29, 0.717) is 29.3 Å². The number of anilines is 1. The van der Waals surface area contributed by atoms with Crippen LogP contribution >= 0.6 is 12.2 Å². The number of hydrogen-bond acceptors (Lipinski definition) is 6. The van der Waals surface area contributed by atoms with Gasteiger partial charge in [-0.05, 0) is 112 Å². The zero-order valence-electron chi connectivity index (χ0n) is 24.4. The molecule has 0 heterocycles. The molecule has 0 saturated heterocycles. The Morgan fingerprint density at radius 2 is 1.85 bits per heavy atom. The van der Waals surface area contributed by atoms with Crippen molar-refractivity contribution < 1.29 is 19.0 Å². The van der Waals surface area contributed by atoms with Gasteiger partial charge in [-0.15, -0.1) is 0 Å². The molecule has 4 aliphatic carbocycles. The van der Waals surface area contributed by atoms with Crippen molar-refractivity contribution in [2.75, 3.05) is 26.1 Å². The van der Waals surface area contributed by atoms with Crippen molar-refractivity contribution in [1.29, 1.82) is 0 Å². The van der Waals surface area contributed by atoms with Crippen LogP contribution in [-0.2, 0) is 9.53 Å². The van der Waals surface area contributed by atoms with Crippen molar-refractivity contribution in [2.24, 2.45) is 38.6 Å². The Balaban J connectivity index is 1.34. The van der Waals surface area contributed by atoms with Crippen LogP contribution in [0.25, 0.3) is 0 Å². The maximum atomic E-state index is 13.2. The number of thiocarbonyl (C=S) groups is 1. The van der Waals surface area contributed by atoms with E-state index in [1.807, 2.05) is 25.1 Å². The molecule has 1 aromatic carbocycles. The predicted molar refractivity (Wildman–Crippen MR) is 158 cm³/mol. The summed E-state index contributed by atoms with van der Waals surface area (Å²) in [5, 5.41) is 8.61. The average Bonchev–Trinajstić information content (AvgIpc) is 3.11. The normalized spacial score (nSPS) is 37.8. The van der Waals surface area contributed by atoms with Crippen LogP contribution in [0.15, 0.2) is 23.3 Å². The summed E-state index contributed by atoms with van der Waals surface area (Å²) in [6.07, 6.45) is 10.0. The summed E-state index contributed by atoms with van der Waals surface area (Å²) in [5.74, 6) is 2.38. The lowest BCUT2D eigenvalue weighted by atomic mass is 9.40. The maximum Gasteiger partial charge on any atom is 0.312 e. The van der Waals surface area contributed by atoms with E-state index in [-0.39, 0.29) is 27.6 Å². The molecule has 0 unspecified atom stereocenters. The highest BCUT2D eigenvalue weighted by molar-refractivity contribution is 7.80. The fraction of sp³-hybridized carbons (Fsp3) is 0.710. The van der Waals surface area contributed by atoms with Gasteiger partial charge >= 0.3 is 5.97 Å². The number of hydrazone groups is 1. The maximum absolute atomic E-state index is 13.2. The number of fused-ring (bicyclic) bond motifs is 3. The van der Waals surface area contributed by atoms with Gasteiger partial charge in [0.25, 0.3) is 0 Å². The molecule has 0 aromatic heterocycles. The second-order valence-electron chi connectivity index (χ2n) is 13.1. The standard InChI is InChI=1S/C31H45N3O4S/c1-7-38-26(35)30(4)14-8-13-29(3)23(30)12-16-31-18-25(28(2,19-31)15-11-24(29)31)33-34-27(39)32-21-10-9-20(36-5)17-22(21)37-6/h9-10,17,23-24H,7-8,11-16,18-19H2,1-6H3,(H2,32,34,39)/b33-25+/t23-,24-,28-,29+,30+,31-/m0/s1. The molecule has 0 amide bonds. The Hall–Kier alpha value is -2.35. The molecule has 0 aliphatic heterocycles. The minimum absolute atomic E-state index is 0.0184. The first-order chi connectivity index (χ1) is 18.5. The number of methoxy groups -OCH3 is 2. The van der Waals surface area contributed by atoms with Crippen molar-refractivity contribution in [1.82, 2.24) is 5.43 Å². The number of nitrogens with one attached hydrogen (secondary N) is 2. The largest absolute Gasteiger partial charge is 0.497 e. The molecule has 214 valence electrons. The van der Waals surface area contributed by atoms with Crippen molar-refractivity contribution >= 4 is 34.7 Å². The molecule has 4 aliphatic rings. The van der Waals surface area contributed by atoms with E-state index in [9.17, 15) is 4.79 Å². The summed E-state index contributed by atoms with van der Waals surface area (Å²) in [5.41, 5.74) is 5.27. The van der Waals surface area contributed by atoms with Crippen LogP contribution in [-0.4, -0.2) is 37.6 Å². The summed E-state index contributed by atoms with van der Waals surface area (Å²) >= 11 is 5.61. The number of carbonyl (C=O) groups is 1. The highest BCUT2D eigenvalue weighted by Crippen LogP contribution is 2.73. The fourth-order valence-corrected chi connectivity index (χ4v) is 9.57. The van der Waals surface area contributed by atoms with E-state index in [1.54, 1.807) is 14.2 Å². The Bertz CT molecular complexity index is 1170. The van der Waals surface area contributed by atoms with Gasteiger partial charge in [-0.25, -0.2) is 0 Å². The third kappa shape index (κ3) is 4.60. The molecule has 8 heteroatoms. The smallest absolute Gasteiger partial charge is 0.312 e. The molecule has 4 saturated carbocycles. The van der Waals surface area contributed by atoms with Gasteiger partial charge < -0.3 is 19.5 Å². The van der Waals surface area contributed by atoms with Gasteiger partial charge in [0.15, 0.2) is 5.11 Å². The summed E-state index contributed by atoms with van der Waals surface area (Å²) in [6.45, 7) is 9.45. The van der Waals surface area contributed by atoms with Crippen molar-refractivity contribution in [3.05, 3.63) is 18.2 Å². The zero-order valence-corrected chi connectivity index (χ0v) is 25.3. The van der Waals surface area contributed by atoms with Gasteiger partial charge in [0.1, 0.15) is 11.5 Å². The Morgan fingerprint density at radius 3 is 2.56 bits per heavy atom. The van der Waals surface area contributed by atoms with Crippen LogP contribution < -0.4 is 20.2 Å². The molecule has 0 radical (unpaired) electrons. The minimum atomic E-state index is -0.372. The molecule has 39 heavy (non-hydrogen) atoms. The quantitative estimate of drug-likeness (QED) is 0.229. The third-order valence-corrected chi connectivity index (χ3v) is 11.3. The fourth-order valence-electron chi connectivity index (χ4n) is 9.41. The van der Waals surface area contributed by atoms with Crippen LogP contribution in [0, 0.1) is 33.5 Å². The highest BCUT2D eigenvalue weighted by atomic mass is 32.1. The number of esters is 1. The number of rotatable bonds is 6. The van der Waals surface area contributed by atoms with Crippen LogP contribution in [0.2, 0.25) is 0 Å². The Labute approximate surface area is 238 Å². The van der Waals surface area contributed by atoms with E-state index in [1.165, 1.54) is 25.0 Å². The predicted octanol–water partition coefficient (Wildman–Crippen LogP) is 6.71. The SMILES string of the molecule is CCOC(=O)[C@]1(C)CCC[C@@]2(C)[C@@H]3CC[C@@]4(C)C[C@]3(CC[C@@H]21)C/C4=N\NC(=S)Nc1ccc(OC)cc1OC. The van der Waals surface area contributed by atoms with E-state index in [4.69, 9.17) is 31.5 Å². The Kier molecular flexibility index (Phi) is 7.40. The lowest BCUT2D eigenvalue weighted by Crippen LogP contribution is -2.58. The van der Waals surface area contributed by atoms with Crippen LogP contribution in [0.4, 0.5) is 5.69 Å². The Morgan fingerprint density at radius 1 is 1.08 bits per heavy atom. The molecular weight excluding hydrogens is 510 g/mol. The second-order valence-corrected chi connectivity index (χ2v) is 13.6.